The molecule has 0 bridgehead atoms. The van der Waals surface area contributed by atoms with Crippen LogP contribution in [0.15, 0.2) is 18.3 Å². The molecule has 1 aromatic rings. The van der Waals surface area contributed by atoms with Crippen LogP contribution in [0.25, 0.3) is 0 Å². The van der Waals surface area contributed by atoms with Gasteiger partial charge in [-0.1, -0.05) is 6.07 Å². The fourth-order valence-electron chi connectivity index (χ4n) is 0.990. The van der Waals surface area contributed by atoms with Crippen molar-refractivity contribution < 1.29 is 9.47 Å². The first-order chi connectivity index (χ1) is 6.86. The van der Waals surface area contributed by atoms with Gasteiger partial charge in [0.2, 0.25) is 0 Å². The van der Waals surface area contributed by atoms with Crippen molar-refractivity contribution in [2.75, 3.05) is 32.7 Å². The lowest BCUT2D eigenvalue weighted by Gasteiger charge is -2.04. The Hall–Kier alpha value is -1.13. The van der Waals surface area contributed by atoms with E-state index in [1.165, 1.54) is 0 Å². The maximum absolute atomic E-state index is 5.35. The van der Waals surface area contributed by atoms with Crippen LogP contribution in [-0.4, -0.2) is 32.4 Å². The zero-order chi connectivity index (χ0) is 10.2. The smallest absolute Gasteiger partial charge is 0.125 e. The highest BCUT2D eigenvalue weighted by molar-refractivity contribution is 5.34. The second kappa shape index (κ2) is 6.34. The molecule has 4 heteroatoms. The molecule has 4 nitrogen and oxygen atoms in total. The molecule has 0 aromatic carbocycles. The van der Waals surface area contributed by atoms with E-state index in [1.54, 1.807) is 13.3 Å². The molecule has 0 aliphatic carbocycles. The number of rotatable bonds is 6. The molecule has 1 aromatic heterocycles. The maximum Gasteiger partial charge on any atom is 0.125 e. The van der Waals surface area contributed by atoms with Gasteiger partial charge in [0.15, 0.2) is 0 Å². The molecule has 0 fully saturated rings. The van der Waals surface area contributed by atoms with Crippen molar-refractivity contribution in [3.05, 3.63) is 23.9 Å². The third kappa shape index (κ3) is 3.72. The van der Waals surface area contributed by atoms with Gasteiger partial charge in [-0.3, -0.25) is 0 Å². The Labute approximate surface area is 84.3 Å². The van der Waals surface area contributed by atoms with Crippen molar-refractivity contribution in [2.45, 2.75) is 6.61 Å². The zero-order valence-electron chi connectivity index (χ0n) is 8.62. The SMILES string of the molecule is CNc1ccc(COCCOC)cn1. The molecular weight excluding hydrogens is 180 g/mol. The summed E-state index contributed by atoms with van der Waals surface area (Å²) in [5, 5.41) is 2.96. The topological polar surface area (TPSA) is 43.4 Å². The Morgan fingerprint density at radius 1 is 1.36 bits per heavy atom. The van der Waals surface area contributed by atoms with Gasteiger partial charge in [0.05, 0.1) is 19.8 Å². The van der Waals surface area contributed by atoms with Crippen molar-refractivity contribution in [1.29, 1.82) is 0 Å². The number of ether oxygens (including phenoxy) is 2. The first kappa shape index (κ1) is 10.9. The number of methoxy groups -OCH3 is 1. The highest BCUT2D eigenvalue weighted by Crippen LogP contribution is 2.04. The summed E-state index contributed by atoms with van der Waals surface area (Å²) in [4.78, 5) is 4.17. The number of anilines is 1. The lowest BCUT2D eigenvalue weighted by Crippen LogP contribution is -2.02. The van der Waals surface area contributed by atoms with E-state index in [0.29, 0.717) is 19.8 Å². The summed E-state index contributed by atoms with van der Waals surface area (Å²) < 4.78 is 10.2. The molecular formula is C10H16N2O2. The standard InChI is InChI=1S/C10H16N2O2/c1-11-10-4-3-9(7-12-10)8-14-6-5-13-2/h3-4,7H,5-6,8H2,1-2H3,(H,11,12). The number of hydrogen-bond donors (Lipinski definition) is 1. The summed E-state index contributed by atoms with van der Waals surface area (Å²) >= 11 is 0. The monoisotopic (exact) mass is 196 g/mol. The summed E-state index contributed by atoms with van der Waals surface area (Å²) in [7, 11) is 3.50. The quantitative estimate of drug-likeness (QED) is 0.696. The number of aromatic nitrogens is 1. The average Bonchev–Trinajstić information content (AvgIpc) is 2.25. The second-order valence-electron chi connectivity index (χ2n) is 2.85. The molecule has 78 valence electrons. The maximum atomic E-state index is 5.35. The van der Waals surface area contributed by atoms with Gasteiger partial charge in [0.1, 0.15) is 5.82 Å². The molecule has 0 aliphatic heterocycles. The molecule has 1 N–H and O–H groups in total. The minimum absolute atomic E-state index is 0.584. The highest BCUT2D eigenvalue weighted by atomic mass is 16.5. The van der Waals surface area contributed by atoms with E-state index in [2.05, 4.69) is 10.3 Å². The van der Waals surface area contributed by atoms with Crippen LogP contribution in [0.3, 0.4) is 0 Å². The average molecular weight is 196 g/mol. The minimum Gasteiger partial charge on any atom is -0.382 e. The Morgan fingerprint density at radius 2 is 2.21 bits per heavy atom. The van der Waals surface area contributed by atoms with Crippen LogP contribution in [0.1, 0.15) is 5.56 Å². The molecule has 14 heavy (non-hydrogen) atoms. The van der Waals surface area contributed by atoms with Crippen LogP contribution < -0.4 is 5.32 Å². The molecule has 0 atom stereocenters. The number of nitrogens with one attached hydrogen (secondary N) is 1. The molecule has 0 spiro atoms. The van der Waals surface area contributed by atoms with Gasteiger partial charge in [0.25, 0.3) is 0 Å². The van der Waals surface area contributed by atoms with E-state index >= 15 is 0 Å². The molecule has 0 unspecified atom stereocenters. The van der Waals surface area contributed by atoms with Crippen molar-refractivity contribution in [2.24, 2.45) is 0 Å². The molecule has 0 radical (unpaired) electrons. The largest absolute Gasteiger partial charge is 0.382 e. The van der Waals surface area contributed by atoms with Crippen LogP contribution in [0.4, 0.5) is 5.82 Å². The minimum atomic E-state index is 0.584. The first-order valence-electron chi connectivity index (χ1n) is 4.56. The summed E-state index contributed by atoms with van der Waals surface area (Å²) in [6, 6.07) is 3.92. The van der Waals surface area contributed by atoms with Crippen molar-refractivity contribution >= 4 is 5.82 Å². The van der Waals surface area contributed by atoms with Gasteiger partial charge in [-0.2, -0.15) is 0 Å². The summed E-state index contributed by atoms with van der Waals surface area (Å²) in [5.74, 6) is 0.866. The molecule has 0 amide bonds. The predicted octanol–water partition coefficient (Wildman–Crippen LogP) is 1.29. The Morgan fingerprint density at radius 3 is 2.79 bits per heavy atom. The van der Waals surface area contributed by atoms with E-state index in [9.17, 15) is 0 Å². The van der Waals surface area contributed by atoms with E-state index in [4.69, 9.17) is 9.47 Å². The van der Waals surface area contributed by atoms with Gasteiger partial charge in [-0.25, -0.2) is 4.98 Å². The van der Waals surface area contributed by atoms with Gasteiger partial charge < -0.3 is 14.8 Å². The van der Waals surface area contributed by atoms with E-state index < -0.39 is 0 Å². The molecule has 0 aliphatic rings. The van der Waals surface area contributed by atoms with Crippen LogP contribution in [0, 0.1) is 0 Å². The fourth-order valence-corrected chi connectivity index (χ4v) is 0.990. The lowest BCUT2D eigenvalue weighted by atomic mass is 10.3. The van der Waals surface area contributed by atoms with Gasteiger partial charge in [-0.15, -0.1) is 0 Å². The lowest BCUT2D eigenvalue weighted by molar-refractivity contribution is 0.0615. The number of hydrogen-bond acceptors (Lipinski definition) is 4. The Balaban J connectivity index is 2.29. The van der Waals surface area contributed by atoms with Crippen molar-refractivity contribution in [1.82, 2.24) is 4.98 Å². The normalized spacial score (nSPS) is 10.1. The fraction of sp³-hybridized carbons (Fsp3) is 0.500. The first-order valence-corrected chi connectivity index (χ1v) is 4.56. The molecule has 1 rings (SSSR count). The van der Waals surface area contributed by atoms with Crippen LogP contribution in [-0.2, 0) is 16.1 Å². The predicted molar refractivity (Wildman–Crippen MR) is 55.3 cm³/mol. The van der Waals surface area contributed by atoms with Gasteiger partial charge in [-0.05, 0) is 11.6 Å². The summed E-state index contributed by atoms with van der Waals surface area (Å²) in [5.41, 5.74) is 1.07. The van der Waals surface area contributed by atoms with Crippen molar-refractivity contribution in [3.8, 4) is 0 Å². The third-order valence-electron chi connectivity index (χ3n) is 1.78. The van der Waals surface area contributed by atoms with Crippen LogP contribution in [0.2, 0.25) is 0 Å². The molecule has 1 heterocycles. The van der Waals surface area contributed by atoms with Gasteiger partial charge in [0, 0.05) is 20.4 Å². The highest BCUT2D eigenvalue weighted by Gasteiger charge is 1.94. The third-order valence-corrected chi connectivity index (χ3v) is 1.78. The number of nitrogens with zero attached hydrogens (tertiary/aromatic N) is 1. The molecule has 0 saturated heterocycles. The van der Waals surface area contributed by atoms with Crippen molar-refractivity contribution in [3.63, 3.8) is 0 Å². The number of pyridine rings is 1. The van der Waals surface area contributed by atoms with E-state index in [0.717, 1.165) is 11.4 Å². The second-order valence-corrected chi connectivity index (χ2v) is 2.85. The summed E-state index contributed by atoms with van der Waals surface area (Å²) in [6.07, 6.45) is 1.80. The Kier molecular flexibility index (Phi) is 4.96. The summed E-state index contributed by atoms with van der Waals surface area (Å²) in [6.45, 7) is 1.83. The Bertz CT molecular complexity index is 249. The van der Waals surface area contributed by atoms with Crippen LogP contribution in [0.5, 0.6) is 0 Å². The van der Waals surface area contributed by atoms with E-state index in [1.807, 2.05) is 19.2 Å². The van der Waals surface area contributed by atoms with Gasteiger partial charge >= 0.3 is 0 Å². The zero-order valence-corrected chi connectivity index (χ0v) is 8.62. The van der Waals surface area contributed by atoms with Crippen LogP contribution >= 0.6 is 0 Å². The molecule has 0 saturated carbocycles. The van der Waals surface area contributed by atoms with E-state index in [-0.39, 0.29) is 0 Å².